The van der Waals surface area contributed by atoms with Crippen LogP contribution in [-0.2, 0) is 6.54 Å². The van der Waals surface area contributed by atoms with Crippen molar-refractivity contribution >= 4 is 29.9 Å². The first-order valence-electron chi connectivity index (χ1n) is 8.77. The Morgan fingerprint density at radius 3 is 2.63 bits per heavy atom. The van der Waals surface area contributed by atoms with E-state index in [2.05, 4.69) is 20.6 Å². The summed E-state index contributed by atoms with van der Waals surface area (Å²) in [4.78, 5) is 8.85. The van der Waals surface area contributed by atoms with Crippen LogP contribution in [0.25, 0.3) is 0 Å². The van der Waals surface area contributed by atoms with Crippen molar-refractivity contribution in [2.45, 2.75) is 40.3 Å². The van der Waals surface area contributed by atoms with Crippen molar-refractivity contribution < 1.29 is 13.9 Å². The number of aliphatic imine (C=N–C) groups is 1. The van der Waals surface area contributed by atoms with E-state index in [0.29, 0.717) is 24.9 Å². The van der Waals surface area contributed by atoms with Gasteiger partial charge in [-0.25, -0.2) is 9.98 Å². The van der Waals surface area contributed by atoms with E-state index < -0.39 is 0 Å². The number of ether oxygens (including phenoxy) is 2. The van der Waals surface area contributed by atoms with Crippen molar-refractivity contribution in [3.63, 3.8) is 0 Å². The summed E-state index contributed by atoms with van der Waals surface area (Å²) in [7, 11) is 1.64. The Kier molecular flexibility index (Phi) is 9.98. The van der Waals surface area contributed by atoms with Gasteiger partial charge >= 0.3 is 0 Å². The van der Waals surface area contributed by atoms with Crippen LogP contribution in [0.15, 0.2) is 33.7 Å². The molecule has 1 aromatic heterocycles. The molecule has 7 nitrogen and oxygen atoms in total. The van der Waals surface area contributed by atoms with E-state index in [0.717, 1.165) is 29.5 Å². The minimum absolute atomic E-state index is 0. The topological polar surface area (TPSA) is 80.9 Å². The number of nitrogens with zero attached hydrogens (tertiary/aromatic N) is 2. The molecule has 0 radical (unpaired) electrons. The Hall–Kier alpha value is -1.97. The maximum absolute atomic E-state index is 5.91. The molecule has 0 saturated carbocycles. The number of guanidine groups is 1. The molecular formula is C19H29IN4O3. The lowest BCUT2D eigenvalue weighted by Crippen LogP contribution is -2.41. The van der Waals surface area contributed by atoms with E-state index in [1.54, 1.807) is 7.11 Å². The van der Waals surface area contributed by atoms with Crippen molar-refractivity contribution in [2.24, 2.45) is 4.99 Å². The van der Waals surface area contributed by atoms with Crippen LogP contribution in [0.4, 0.5) is 0 Å². The number of hydrogen-bond acceptors (Lipinski definition) is 5. The van der Waals surface area contributed by atoms with Gasteiger partial charge in [0.2, 0.25) is 5.89 Å². The third-order valence-electron chi connectivity index (χ3n) is 3.72. The lowest BCUT2D eigenvalue weighted by atomic mass is 10.3. The van der Waals surface area contributed by atoms with Crippen LogP contribution in [0.3, 0.4) is 0 Å². The van der Waals surface area contributed by atoms with Crippen molar-refractivity contribution in [3.8, 4) is 11.5 Å². The first-order valence-corrected chi connectivity index (χ1v) is 8.77. The smallest absolute Gasteiger partial charge is 0.216 e. The molecule has 150 valence electrons. The number of aryl methyl sites for hydroxylation is 2. The molecule has 2 rings (SSSR count). The number of hydrogen-bond donors (Lipinski definition) is 2. The van der Waals surface area contributed by atoms with Gasteiger partial charge in [0.15, 0.2) is 5.96 Å². The first kappa shape index (κ1) is 23.1. The van der Waals surface area contributed by atoms with Gasteiger partial charge in [0, 0.05) is 12.6 Å². The van der Waals surface area contributed by atoms with Crippen LogP contribution in [0.2, 0.25) is 0 Å². The minimum Gasteiger partial charge on any atom is -0.497 e. The molecule has 1 unspecified atom stereocenters. The number of halogens is 1. The van der Waals surface area contributed by atoms with Gasteiger partial charge in [0.05, 0.1) is 19.3 Å². The molecule has 0 bridgehead atoms. The first-order chi connectivity index (χ1) is 12.5. The highest BCUT2D eigenvalue weighted by molar-refractivity contribution is 14.0. The molecule has 27 heavy (non-hydrogen) atoms. The standard InChI is InChI=1S/C19H28N4O3.HI/c1-6-20-19(22-12-18-23-14(3)15(4)26-18)21-11-13(2)25-17-9-7-8-16(10-17)24-5;/h7-10,13H,6,11-12H2,1-5H3,(H2,20,21,22);1H. The normalized spacial score (nSPS) is 12.1. The third-order valence-corrected chi connectivity index (χ3v) is 3.72. The van der Waals surface area contributed by atoms with E-state index in [1.807, 2.05) is 52.0 Å². The van der Waals surface area contributed by atoms with Crippen molar-refractivity contribution in [3.05, 3.63) is 41.6 Å². The van der Waals surface area contributed by atoms with Crippen LogP contribution in [-0.4, -0.2) is 37.2 Å². The van der Waals surface area contributed by atoms with E-state index in [4.69, 9.17) is 13.9 Å². The quantitative estimate of drug-likeness (QED) is 0.337. The highest BCUT2D eigenvalue weighted by atomic mass is 127. The number of benzene rings is 1. The van der Waals surface area contributed by atoms with Gasteiger partial charge in [-0.15, -0.1) is 24.0 Å². The van der Waals surface area contributed by atoms with Crippen molar-refractivity contribution in [1.29, 1.82) is 0 Å². The summed E-state index contributed by atoms with van der Waals surface area (Å²) >= 11 is 0. The largest absolute Gasteiger partial charge is 0.497 e. The van der Waals surface area contributed by atoms with Crippen LogP contribution in [0.5, 0.6) is 11.5 Å². The van der Waals surface area contributed by atoms with Gasteiger partial charge < -0.3 is 24.5 Å². The molecule has 0 aliphatic carbocycles. The minimum atomic E-state index is -0.0443. The number of rotatable bonds is 8. The molecule has 0 saturated heterocycles. The molecule has 8 heteroatoms. The summed E-state index contributed by atoms with van der Waals surface area (Å²) in [6, 6.07) is 7.56. The monoisotopic (exact) mass is 488 g/mol. The zero-order valence-corrected chi connectivity index (χ0v) is 18.9. The van der Waals surface area contributed by atoms with Crippen molar-refractivity contribution in [2.75, 3.05) is 20.2 Å². The van der Waals surface area contributed by atoms with E-state index in [-0.39, 0.29) is 30.1 Å². The summed E-state index contributed by atoms with van der Waals surface area (Å²) < 4.78 is 16.7. The Labute approximate surface area is 178 Å². The lowest BCUT2D eigenvalue weighted by Gasteiger charge is -2.18. The fraction of sp³-hybridized carbons (Fsp3) is 0.474. The highest BCUT2D eigenvalue weighted by Gasteiger charge is 2.08. The molecule has 0 fully saturated rings. The molecule has 0 amide bonds. The van der Waals surface area contributed by atoms with E-state index in [9.17, 15) is 0 Å². The second kappa shape index (κ2) is 11.7. The second-order valence-electron chi connectivity index (χ2n) is 5.93. The molecule has 2 N–H and O–H groups in total. The predicted octanol–water partition coefficient (Wildman–Crippen LogP) is 3.44. The lowest BCUT2D eigenvalue weighted by molar-refractivity contribution is 0.223. The molecule has 0 aliphatic heterocycles. The molecule has 0 aliphatic rings. The summed E-state index contributed by atoms with van der Waals surface area (Å²) in [5, 5.41) is 6.48. The molecule has 1 aromatic carbocycles. The summed E-state index contributed by atoms with van der Waals surface area (Å²) in [5.74, 6) is 3.67. The van der Waals surface area contributed by atoms with Crippen molar-refractivity contribution in [1.82, 2.24) is 15.6 Å². The summed E-state index contributed by atoms with van der Waals surface area (Å²) in [6.07, 6.45) is -0.0443. The summed E-state index contributed by atoms with van der Waals surface area (Å²) in [5.41, 5.74) is 0.897. The maximum Gasteiger partial charge on any atom is 0.216 e. The third kappa shape index (κ3) is 7.66. The molecular weight excluding hydrogens is 459 g/mol. The van der Waals surface area contributed by atoms with Crippen LogP contribution < -0.4 is 20.1 Å². The molecule has 1 heterocycles. The van der Waals surface area contributed by atoms with Crippen LogP contribution in [0.1, 0.15) is 31.2 Å². The predicted molar refractivity (Wildman–Crippen MR) is 117 cm³/mol. The van der Waals surface area contributed by atoms with E-state index in [1.165, 1.54) is 0 Å². The van der Waals surface area contributed by atoms with Gasteiger partial charge in [-0.2, -0.15) is 0 Å². The molecule has 1 atom stereocenters. The molecule has 0 spiro atoms. The molecule has 2 aromatic rings. The number of aromatic nitrogens is 1. The van der Waals surface area contributed by atoms with Gasteiger partial charge in [-0.05, 0) is 39.8 Å². The zero-order chi connectivity index (χ0) is 18.9. The zero-order valence-electron chi connectivity index (χ0n) is 16.5. The number of nitrogens with one attached hydrogen (secondary N) is 2. The Bertz CT molecular complexity index is 714. The average Bonchev–Trinajstić information content (AvgIpc) is 2.95. The Balaban J connectivity index is 0.00000364. The van der Waals surface area contributed by atoms with Gasteiger partial charge in [0.25, 0.3) is 0 Å². The van der Waals surface area contributed by atoms with E-state index >= 15 is 0 Å². The highest BCUT2D eigenvalue weighted by Crippen LogP contribution is 2.19. The average molecular weight is 488 g/mol. The second-order valence-corrected chi connectivity index (χ2v) is 5.93. The van der Waals surface area contributed by atoms with Crippen LogP contribution >= 0.6 is 24.0 Å². The number of oxazole rings is 1. The van der Waals surface area contributed by atoms with Gasteiger partial charge in [0.1, 0.15) is 29.9 Å². The van der Waals surface area contributed by atoms with Gasteiger partial charge in [-0.3, -0.25) is 0 Å². The fourth-order valence-corrected chi connectivity index (χ4v) is 2.28. The SMILES string of the molecule is CCNC(=NCc1nc(C)c(C)o1)NCC(C)Oc1cccc(OC)c1.I. The maximum atomic E-state index is 5.91. The Morgan fingerprint density at radius 2 is 2.00 bits per heavy atom. The van der Waals surface area contributed by atoms with Gasteiger partial charge in [-0.1, -0.05) is 6.07 Å². The summed E-state index contributed by atoms with van der Waals surface area (Å²) in [6.45, 7) is 9.59. The van der Waals surface area contributed by atoms with Crippen LogP contribution in [0, 0.1) is 13.8 Å². The Morgan fingerprint density at radius 1 is 1.26 bits per heavy atom. The fourth-order valence-electron chi connectivity index (χ4n) is 2.28. The number of methoxy groups -OCH3 is 1.